The van der Waals surface area contributed by atoms with Crippen LogP contribution in [0.4, 0.5) is 0 Å². The predicted molar refractivity (Wildman–Crippen MR) is 85.7 cm³/mol. The van der Waals surface area contributed by atoms with Gasteiger partial charge in [-0.2, -0.15) is 0 Å². The molecule has 0 spiro atoms. The Bertz CT molecular complexity index is 769. The maximum atomic E-state index is 12.9. The highest BCUT2D eigenvalue weighted by Crippen LogP contribution is 2.47. The largest absolute Gasteiger partial charge is 0.480 e. The first kappa shape index (κ1) is 16.8. The molecule has 2 aliphatic heterocycles. The SMILES string of the molecule is [N-]=[N+]=NC1C(=O)N2C1CCC(Cl)(S(=O)c1ccccc1)C2C(=O)O. The van der Waals surface area contributed by atoms with Gasteiger partial charge >= 0.3 is 5.97 Å². The molecule has 0 aliphatic carbocycles. The summed E-state index contributed by atoms with van der Waals surface area (Å²) < 4.78 is 11.3. The van der Waals surface area contributed by atoms with Gasteiger partial charge in [-0.05, 0) is 30.5 Å². The van der Waals surface area contributed by atoms with Gasteiger partial charge in [0.1, 0.15) is 6.04 Å². The number of alkyl halides is 1. The summed E-state index contributed by atoms with van der Waals surface area (Å²) in [6.07, 6.45) is 0.445. The summed E-state index contributed by atoms with van der Waals surface area (Å²) in [6.45, 7) is 0. The standard InChI is InChI=1S/C14H13ClN4O4S/c15-14(24(23)8-4-2-1-3-5-8)7-6-9-10(17-18-16)12(20)19(9)11(14)13(21)22/h1-5,9-11H,6-7H2,(H,21,22). The zero-order valence-corrected chi connectivity index (χ0v) is 13.9. The number of azide groups is 1. The van der Waals surface area contributed by atoms with E-state index in [1.54, 1.807) is 30.3 Å². The van der Waals surface area contributed by atoms with Crippen molar-refractivity contribution < 1.29 is 18.9 Å². The number of carbonyl (C=O) groups excluding carboxylic acids is 1. The second-order valence-corrected chi connectivity index (χ2v) is 8.25. The first-order valence-corrected chi connectivity index (χ1v) is 8.69. The summed E-state index contributed by atoms with van der Waals surface area (Å²) in [5.41, 5.74) is 8.52. The van der Waals surface area contributed by atoms with E-state index < -0.39 is 45.0 Å². The molecular weight excluding hydrogens is 356 g/mol. The number of nitrogens with zero attached hydrogens (tertiary/aromatic N) is 4. The van der Waals surface area contributed by atoms with E-state index in [2.05, 4.69) is 10.0 Å². The fraction of sp³-hybridized carbons (Fsp3) is 0.429. The number of halogens is 1. The number of piperidine rings is 1. The fourth-order valence-electron chi connectivity index (χ4n) is 3.27. The van der Waals surface area contributed by atoms with Crippen LogP contribution in [0.2, 0.25) is 0 Å². The molecule has 2 heterocycles. The number of amides is 1. The summed E-state index contributed by atoms with van der Waals surface area (Å²) in [4.78, 5) is 28.1. The maximum absolute atomic E-state index is 12.9. The van der Waals surface area contributed by atoms with Crippen molar-refractivity contribution in [1.29, 1.82) is 0 Å². The number of hydrogen-bond donors (Lipinski definition) is 1. The van der Waals surface area contributed by atoms with E-state index in [1.165, 1.54) is 0 Å². The van der Waals surface area contributed by atoms with Gasteiger partial charge in [0, 0.05) is 9.81 Å². The molecule has 2 aliphatic rings. The summed E-state index contributed by atoms with van der Waals surface area (Å²) in [5.74, 6) is -1.92. The highest BCUT2D eigenvalue weighted by Gasteiger charge is 2.63. The smallest absolute Gasteiger partial charge is 0.329 e. The van der Waals surface area contributed by atoms with Crippen LogP contribution < -0.4 is 0 Å². The number of carboxylic acid groups (broad SMARTS) is 1. The molecule has 5 unspecified atom stereocenters. The topological polar surface area (TPSA) is 123 Å². The number of rotatable bonds is 4. The Kier molecular flexibility index (Phi) is 4.25. The predicted octanol–water partition coefficient (Wildman–Crippen LogP) is 1.87. The minimum Gasteiger partial charge on any atom is -0.480 e. The third kappa shape index (κ3) is 2.36. The molecule has 0 saturated carbocycles. The third-order valence-electron chi connectivity index (χ3n) is 4.37. The third-order valence-corrected chi connectivity index (χ3v) is 6.93. The van der Waals surface area contributed by atoms with Crippen molar-refractivity contribution in [2.45, 2.75) is 40.1 Å². The van der Waals surface area contributed by atoms with Crippen LogP contribution in [0.15, 0.2) is 40.3 Å². The number of benzene rings is 1. The molecule has 8 nitrogen and oxygen atoms in total. The van der Waals surface area contributed by atoms with Crippen LogP contribution >= 0.6 is 11.6 Å². The minimum absolute atomic E-state index is 0.124. The van der Waals surface area contributed by atoms with E-state index >= 15 is 0 Å². The first-order valence-electron chi connectivity index (χ1n) is 7.17. The summed E-state index contributed by atoms with van der Waals surface area (Å²) in [7, 11) is -1.83. The molecule has 3 rings (SSSR count). The second kappa shape index (κ2) is 6.08. The number of carbonyl (C=O) groups is 2. The lowest BCUT2D eigenvalue weighted by Crippen LogP contribution is -2.75. The van der Waals surface area contributed by atoms with E-state index in [1.807, 2.05) is 0 Å². The van der Waals surface area contributed by atoms with E-state index in [4.69, 9.17) is 17.1 Å². The number of β-lactam (4-membered cyclic amide) rings is 1. The van der Waals surface area contributed by atoms with Crippen molar-refractivity contribution >= 4 is 34.3 Å². The molecule has 10 heteroatoms. The highest BCUT2D eigenvalue weighted by molar-refractivity contribution is 7.88. The van der Waals surface area contributed by atoms with E-state index in [0.29, 0.717) is 11.3 Å². The average Bonchev–Trinajstić information content (AvgIpc) is 2.59. The van der Waals surface area contributed by atoms with Crippen molar-refractivity contribution in [2.24, 2.45) is 5.11 Å². The Labute approximate surface area is 144 Å². The maximum Gasteiger partial charge on any atom is 0.329 e. The van der Waals surface area contributed by atoms with E-state index in [0.717, 1.165) is 4.90 Å². The van der Waals surface area contributed by atoms with Crippen molar-refractivity contribution in [3.05, 3.63) is 40.8 Å². The highest BCUT2D eigenvalue weighted by atomic mass is 35.5. The molecule has 1 amide bonds. The monoisotopic (exact) mass is 368 g/mol. The number of aliphatic carboxylic acids is 1. The lowest BCUT2D eigenvalue weighted by molar-refractivity contribution is -0.168. The summed E-state index contributed by atoms with van der Waals surface area (Å²) in [6, 6.07) is 5.44. The molecule has 126 valence electrons. The van der Waals surface area contributed by atoms with Crippen LogP contribution in [0.1, 0.15) is 12.8 Å². The average molecular weight is 369 g/mol. The summed E-state index contributed by atoms with van der Waals surface area (Å²) in [5, 5.41) is 13.0. The van der Waals surface area contributed by atoms with Crippen molar-refractivity contribution in [1.82, 2.24) is 4.90 Å². The normalized spacial score (nSPS) is 33.0. The van der Waals surface area contributed by atoms with Crippen LogP contribution in [0, 0.1) is 0 Å². The fourth-order valence-corrected chi connectivity index (χ4v) is 5.37. The molecule has 1 aromatic carbocycles. The van der Waals surface area contributed by atoms with Crippen molar-refractivity contribution in [3.8, 4) is 0 Å². The molecule has 2 saturated heterocycles. The Hall–Kier alpha value is -2.09. The van der Waals surface area contributed by atoms with E-state index in [9.17, 15) is 18.9 Å². The van der Waals surface area contributed by atoms with Gasteiger partial charge in [0.2, 0.25) is 5.91 Å². The number of fused-ring (bicyclic) bond motifs is 1. The zero-order valence-electron chi connectivity index (χ0n) is 12.3. The molecule has 0 radical (unpaired) electrons. The Morgan fingerprint density at radius 3 is 2.71 bits per heavy atom. The molecule has 2 fully saturated rings. The molecular formula is C14H13ClN4O4S. The number of carboxylic acids is 1. The molecule has 0 aromatic heterocycles. The molecule has 0 bridgehead atoms. The van der Waals surface area contributed by atoms with Crippen LogP contribution in [-0.4, -0.2) is 48.4 Å². The van der Waals surface area contributed by atoms with Crippen molar-refractivity contribution in [3.63, 3.8) is 0 Å². The van der Waals surface area contributed by atoms with Crippen LogP contribution in [-0.2, 0) is 20.4 Å². The quantitative estimate of drug-likeness (QED) is 0.286. The van der Waals surface area contributed by atoms with Gasteiger partial charge in [0.05, 0.1) is 16.8 Å². The first-order chi connectivity index (χ1) is 11.4. The molecule has 1 aromatic rings. The lowest BCUT2D eigenvalue weighted by Gasteiger charge is -2.55. The molecule has 24 heavy (non-hydrogen) atoms. The Balaban J connectivity index is 1.98. The van der Waals surface area contributed by atoms with Gasteiger partial charge < -0.3 is 10.0 Å². The van der Waals surface area contributed by atoms with Crippen LogP contribution in [0.3, 0.4) is 0 Å². The van der Waals surface area contributed by atoms with Crippen LogP contribution in [0.25, 0.3) is 10.4 Å². The summed E-state index contributed by atoms with van der Waals surface area (Å²) >= 11 is 6.53. The van der Waals surface area contributed by atoms with Gasteiger partial charge in [-0.1, -0.05) is 23.3 Å². The van der Waals surface area contributed by atoms with Gasteiger partial charge in [0.25, 0.3) is 0 Å². The van der Waals surface area contributed by atoms with Crippen LogP contribution in [0.5, 0.6) is 0 Å². The second-order valence-electron chi connectivity index (χ2n) is 5.61. The Morgan fingerprint density at radius 2 is 2.12 bits per heavy atom. The van der Waals surface area contributed by atoms with Gasteiger partial charge in [0.15, 0.2) is 10.2 Å². The molecule has 1 N–H and O–H groups in total. The van der Waals surface area contributed by atoms with Crippen molar-refractivity contribution in [2.75, 3.05) is 0 Å². The van der Waals surface area contributed by atoms with Gasteiger partial charge in [-0.3, -0.25) is 9.00 Å². The van der Waals surface area contributed by atoms with Gasteiger partial charge in [-0.15, -0.1) is 11.6 Å². The molecule has 5 atom stereocenters. The Morgan fingerprint density at radius 1 is 1.46 bits per heavy atom. The zero-order chi connectivity index (χ0) is 17.5. The van der Waals surface area contributed by atoms with E-state index in [-0.39, 0.29) is 6.42 Å². The minimum atomic E-state index is -1.83. The van der Waals surface area contributed by atoms with Gasteiger partial charge in [-0.25, -0.2) is 4.79 Å². The lowest BCUT2D eigenvalue weighted by atomic mass is 9.82. The number of hydrogen-bond acceptors (Lipinski definition) is 4.